The van der Waals surface area contributed by atoms with Crippen molar-refractivity contribution >= 4 is 5.91 Å². The lowest BCUT2D eigenvalue weighted by Gasteiger charge is -2.23. The van der Waals surface area contributed by atoms with Crippen LogP contribution in [0.3, 0.4) is 0 Å². The molecule has 1 aromatic carbocycles. The van der Waals surface area contributed by atoms with Crippen molar-refractivity contribution in [2.75, 3.05) is 0 Å². The molecule has 1 amide bonds. The second-order valence-electron chi connectivity index (χ2n) is 5.05. The third kappa shape index (κ3) is 3.23. The molecule has 100 valence electrons. The van der Waals surface area contributed by atoms with Crippen molar-refractivity contribution in [3.63, 3.8) is 0 Å². The fourth-order valence-electron chi connectivity index (χ4n) is 1.74. The molecule has 0 bridgehead atoms. The lowest BCUT2D eigenvalue weighted by atomic mass is 10.0. The minimum Gasteiger partial charge on any atom is -0.467 e. The summed E-state index contributed by atoms with van der Waals surface area (Å²) in [6, 6.07) is 13.0. The summed E-state index contributed by atoms with van der Waals surface area (Å²) in [6.45, 7) is 3.35. The number of benzene rings is 1. The minimum absolute atomic E-state index is 0.224. The number of furan rings is 1. The second-order valence-corrected chi connectivity index (χ2v) is 5.05. The van der Waals surface area contributed by atoms with E-state index in [9.17, 15) is 4.79 Å². The zero-order valence-electron chi connectivity index (χ0n) is 11.1. The molecule has 2 rings (SSSR count). The van der Waals surface area contributed by atoms with Gasteiger partial charge >= 0.3 is 0 Å². The van der Waals surface area contributed by atoms with Gasteiger partial charge in [-0.15, -0.1) is 0 Å². The Morgan fingerprint density at radius 3 is 2.42 bits per heavy atom. The molecule has 1 atom stereocenters. The number of nitrogens with one attached hydrogen (secondary N) is 1. The van der Waals surface area contributed by atoms with Crippen LogP contribution in [0, 0.1) is 0 Å². The van der Waals surface area contributed by atoms with Crippen LogP contribution in [0.5, 0.6) is 0 Å². The molecule has 1 unspecified atom stereocenters. The van der Waals surface area contributed by atoms with Crippen molar-refractivity contribution in [3.8, 4) is 0 Å². The first-order valence-electron chi connectivity index (χ1n) is 6.16. The standard InChI is InChI=1S/C15H18N2O2/c1-15(2,16)14(18)17-13(12-9-6-10-19-12)11-7-4-3-5-8-11/h3-10,13H,16H2,1-2H3,(H,17,18). The summed E-state index contributed by atoms with van der Waals surface area (Å²) in [6.07, 6.45) is 1.59. The van der Waals surface area contributed by atoms with Gasteiger partial charge in [-0.25, -0.2) is 0 Å². The summed E-state index contributed by atoms with van der Waals surface area (Å²) in [5, 5.41) is 2.92. The summed E-state index contributed by atoms with van der Waals surface area (Å²) in [5.41, 5.74) is 5.84. The van der Waals surface area contributed by atoms with Gasteiger partial charge in [0.15, 0.2) is 0 Å². The highest BCUT2D eigenvalue weighted by Crippen LogP contribution is 2.22. The van der Waals surface area contributed by atoms with Crippen LogP contribution in [0.4, 0.5) is 0 Å². The molecule has 4 nitrogen and oxygen atoms in total. The molecule has 4 heteroatoms. The molecule has 0 aliphatic heterocycles. The van der Waals surface area contributed by atoms with Crippen LogP contribution in [-0.2, 0) is 4.79 Å². The number of amides is 1. The Morgan fingerprint density at radius 1 is 1.21 bits per heavy atom. The van der Waals surface area contributed by atoms with Crippen LogP contribution < -0.4 is 11.1 Å². The number of carbonyl (C=O) groups is 1. The van der Waals surface area contributed by atoms with Gasteiger partial charge in [-0.1, -0.05) is 30.3 Å². The highest BCUT2D eigenvalue weighted by Gasteiger charge is 2.27. The topological polar surface area (TPSA) is 68.3 Å². The van der Waals surface area contributed by atoms with Gasteiger partial charge < -0.3 is 15.5 Å². The normalized spacial score (nSPS) is 13.0. The maximum atomic E-state index is 12.1. The van der Waals surface area contributed by atoms with E-state index in [0.29, 0.717) is 5.76 Å². The molecule has 19 heavy (non-hydrogen) atoms. The Kier molecular flexibility index (Phi) is 3.71. The molecule has 3 N–H and O–H groups in total. The Morgan fingerprint density at radius 2 is 1.89 bits per heavy atom. The van der Waals surface area contributed by atoms with Gasteiger partial charge in [0.2, 0.25) is 5.91 Å². The molecule has 0 spiro atoms. The van der Waals surface area contributed by atoms with Crippen molar-refractivity contribution < 1.29 is 9.21 Å². The lowest BCUT2D eigenvalue weighted by Crippen LogP contribution is -2.50. The monoisotopic (exact) mass is 258 g/mol. The predicted octanol–water partition coefficient (Wildman–Crippen LogP) is 2.22. The molecule has 0 fully saturated rings. The van der Waals surface area contributed by atoms with Gasteiger partial charge in [0.25, 0.3) is 0 Å². The molecule has 0 aliphatic rings. The molecule has 2 aromatic rings. The van der Waals surface area contributed by atoms with Crippen molar-refractivity contribution in [3.05, 3.63) is 60.1 Å². The van der Waals surface area contributed by atoms with E-state index in [1.807, 2.05) is 36.4 Å². The predicted molar refractivity (Wildman–Crippen MR) is 73.4 cm³/mol. The van der Waals surface area contributed by atoms with Crippen molar-refractivity contribution in [2.24, 2.45) is 5.73 Å². The molecular formula is C15H18N2O2. The van der Waals surface area contributed by atoms with Gasteiger partial charge in [-0.2, -0.15) is 0 Å². The summed E-state index contributed by atoms with van der Waals surface area (Å²) in [4.78, 5) is 12.1. The van der Waals surface area contributed by atoms with Crippen molar-refractivity contribution in [1.82, 2.24) is 5.32 Å². The fraction of sp³-hybridized carbons (Fsp3) is 0.267. The van der Waals surface area contributed by atoms with Crippen LogP contribution in [0.2, 0.25) is 0 Å². The second kappa shape index (κ2) is 5.28. The zero-order valence-corrected chi connectivity index (χ0v) is 11.1. The van der Waals surface area contributed by atoms with E-state index in [0.717, 1.165) is 5.56 Å². The van der Waals surface area contributed by atoms with E-state index < -0.39 is 5.54 Å². The molecule has 1 aromatic heterocycles. The molecule has 0 aliphatic carbocycles. The van der Waals surface area contributed by atoms with Crippen molar-refractivity contribution in [1.29, 1.82) is 0 Å². The van der Waals surface area contributed by atoms with E-state index in [1.165, 1.54) is 0 Å². The molecule has 0 saturated carbocycles. The number of carbonyl (C=O) groups excluding carboxylic acids is 1. The first-order valence-corrected chi connectivity index (χ1v) is 6.16. The van der Waals surface area contributed by atoms with Gasteiger partial charge in [-0.3, -0.25) is 4.79 Å². The highest BCUT2D eigenvalue weighted by molar-refractivity contribution is 5.85. The summed E-state index contributed by atoms with van der Waals surface area (Å²) in [7, 11) is 0. The van der Waals surface area contributed by atoms with Gasteiger partial charge in [0.05, 0.1) is 11.8 Å². The molecule has 0 saturated heterocycles. The maximum absolute atomic E-state index is 12.1. The quantitative estimate of drug-likeness (QED) is 0.883. The smallest absolute Gasteiger partial charge is 0.240 e. The van der Waals surface area contributed by atoms with E-state index in [4.69, 9.17) is 10.2 Å². The number of nitrogens with two attached hydrogens (primary N) is 1. The summed E-state index contributed by atoms with van der Waals surface area (Å²) in [5.74, 6) is 0.460. The Balaban J connectivity index is 2.29. The average Bonchev–Trinajstić information content (AvgIpc) is 2.89. The van der Waals surface area contributed by atoms with Gasteiger partial charge in [0, 0.05) is 0 Å². The van der Waals surface area contributed by atoms with Crippen LogP contribution >= 0.6 is 0 Å². The van der Waals surface area contributed by atoms with Crippen LogP contribution in [0.15, 0.2) is 53.1 Å². The van der Waals surface area contributed by atoms with E-state index in [-0.39, 0.29) is 11.9 Å². The van der Waals surface area contributed by atoms with Gasteiger partial charge in [-0.05, 0) is 31.5 Å². The Hall–Kier alpha value is -2.07. The molecule has 0 radical (unpaired) electrons. The zero-order chi connectivity index (χ0) is 13.9. The van der Waals surface area contributed by atoms with E-state index in [2.05, 4.69) is 5.32 Å². The minimum atomic E-state index is -0.931. The fourth-order valence-corrected chi connectivity index (χ4v) is 1.74. The average molecular weight is 258 g/mol. The SMILES string of the molecule is CC(C)(N)C(=O)NC(c1ccccc1)c1ccco1. The first kappa shape index (κ1) is 13.4. The molecular weight excluding hydrogens is 240 g/mol. The lowest BCUT2D eigenvalue weighted by molar-refractivity contribution is -0.125. The number of hydrogen-bond donors (Lipinski definition) is 2. The van der Waals surface area contributed by atoms with E-state index >= 15 is 0 Å². The third-order valence-electron chi connectivity index (χ3n) is 2.82. The van der Waals surface area contributed by atoms with Crippen LogP contribution in [0.25, 0.3) is 0 Å². The Bertz CT molecular complexity index is 527. The van der Waals surface area contributed by atoms with Crippen LogP contribution in [-0.4, -0.2) is 11.4 Å². The largest absolute Gasteiger partial charge is 0.467 e. The molecule has 1 heterocycles. The maximum Gasteiger partial charge on any atom is 0.240 e. The van der Waals surface area contributed by atoms with E-state index in [1.54, 1.807) is 26.2 Å². The summed E-state index contributed by atoms with van der Waals surface area (Å²) >= 11 is 0. The highest BCUT2D eigenvalue weighted by atomic mass is 16.3. The van der Waals surface area contributed by atoms with Crippen molar-refractivity contribution in [2.45, 2.75) is 25.4 Å². The summed E-state index contributed by atoms with van der Waals surface area (Å²) < 4.78 is 5.41. The Labute approximate surface area is 112 Å². The van der Waals surface area contributed by atoms with Crippen LogP contribution in [0.1, 0.15) is 31.2 Å². The van der Waals surface area contributed by atoms with Gasteiger partial charge in [0.1, 0.15) is 11.8 Å². The first-order chi connectivity index (χ1) is 8.98. The number of rotatable bonds is 4. The third-order valence-corrected chi connectivity index (χ3v) is 2.82. The number of hydrogen-bond acceptors (Lipinski definition) is 3.